The van der Waals surface area contributed by atoms with E-state index in [2.05, 4.69) is 10.3 Å². The summed E-state index contributed by atoms with van der Waals surface area (Å²) in [6.07, 6.45) is 0.934. The fraction of sp³-hybridized carbons (Fsp3) is 0.391. The number of pyridine rings is 1. The fourth-order valence-electron chi connectivity index (χ4n) is 3.82. The molecule has 7 nitrogen and oxygen atoms in total. The Kier molecular flexibility index (Phi) is 5.92. The highest BCUT2D eigenvalue weighted by atomic mass is 16.2. The summed E-state index contributed by atoms with van der Waals surface area (Å²) in [5, 5.41) is 2.67. The van der Waals surface area contributed by atoms with Crippen molar-refractivity contribution < 1.29 is 14.4 Å². The van der Waals surface area contributed by atoms with Gasteiger partial charge in [0.05, 0.1) is 0 Å². The average molecular weight is 409 g/mol. The number of carbonyl (C=O) groups is 3. The minimum atomic E-state index is -0.621. The van der Waals surface area contributed by atoms with Gasteiger partial charge in [0.25, 0.3) is 17.4 Å². The number of Topliss-reactive ketones (excluding diaryl/α,β-unsaturated/α-hetero) is 1. The second kappa shape index (κ2) is 8.26. The van der Waals surface area contributed by atoms with Crippen LogP contribution in [0, 0.1) is 5.41 Å². The van der Waals surface area contributed by atoms with E-state index in [0.29, 0.717) is 48.4 Å². The first-order chi connectivity index (χ1) is 14.1. The van der Waals surface area contributed by atoms with Crippen molar-refractivity contribution in [3.05, 3.63) is 63.1 Å². The molecule has 2 N–H and O–H groups in total. The molecule has 1 aliphatic carbocycles. The molecule has 158 valence electrons. The number of nitrogens with one attached hydrogen (secondary N) is 2. The number of nitrogens with zero attached hydrogens (tertiary/aromatic N) is 1. The second-order valence-electron chi connectivity index (χ2n) is 8.36. The highest BCUT2D eigenvalue weighted by Crippen LogP contribution is 2.33. The third-order valence-corrected chi connectivity index (χ3v) is 5.38. The number of carbonyl (C=O) groups excluding carboxylic acids is 3. The minimum absolute atomic E-state index is 0.0848. The van der Waals surface area contributed by atoms with E-state index in [1.807, 2.05) is 27.7 Å². The van der Waals surface area contributed by atoms with Gasteiger partial charge in [-0.05, 0) is 49.9 Å². The Morgan fingerprint density at radius 1 is 1.10 bits per heavy atom. The van der Waals surface area contributed by atoms with Crippen LogP contribution in [0.2, 0.25) is 0 Å². The molecular weight excluding hydrogens is 382 g/mol. The Morgan fingerprint density at radius 3 is 2.47 bits per heavy atom. The molecule has 1 aromatic carbocycles. The minimum Gasteiger partial charge on any atom is -0.339 e. The molecule has 2 amide bonds. The molecule has 0 unspecified atom stereocenters. The first-order valence-corrected chi connectivity index (χ1v) is 10.1. The number of fused-ring (bicyclic) bond motifs is 1. The third kappa shape index (κ3) is 4.35. The predicted molar refractivity (Wildman–Crippen MR) is 115 cm³/mol. The molecule has 30 heavy (non-hydrogen) atoms. The van der Waals surface area contributed by atoms with Gasteiger partial charge in [-0.2, -0.15) is 0 Å². The Labute approximate surface area is 175 Å². The van der Waals surface area contributed by atoms with Crippen molar-refractivity contribution >= 4 is 23.3 Å². The molecule has 1 aliphatic rings. The lowest BCUT2D eigenvalue weighted by Crippen LogP contribution is -2.33. The number of aromatic nitrogens is 1. The zero-order valence-electron chi connectivity index (χ0n) is 17.8. The lowest BCUT2D eigenvalue weighted by molar-refractivity contribution is 0.0772. The lowest BCUT2D eigenvalue weighted by atomic mass is 9.75. The van der Waals surface area contributed by atoms with Crippen LogP contribution in [0.4, 0.5) is 5.69 Å². The number of amides is 2. The van der Waals surface area contributed by atoms with Crippen LogP contribution in [0.15, 0.2) is 35.1 Å². The normalized spacial score (nSPS) is 14.7. The molecular formula is C23H27N3O4. The summed E-state index contributed by atoms with van der Waals surface area (Å²) in [5.74, 6) is -0.835. The van der Waals surface area contributed by atoms with Crippen molar-refractivity contribution in [2.75, 3.05) is 18.4 Å². The first kappa shape index (κ1) is 21.5. The summed E-state index contributed by atoms with van der Waals surface area (Å²) in [6.45, 7) is 8.91. The number of ketones is 1. The van der Waals surface area contributed by atoms with Gasteiger partial charge in [0.15, 0.2) is 5.78 Å². The van der Waals surface area contributed by atoms with Crippen LogP contribution in [0.25, 0.3) is 0 Å². The molecule has 0 fully saturated rings. The van der Waals surface area contributed by atoms with Crippen molar-refractivity contribution in [3.8, 4) is 0 Å². The van der Waals surface area contributed by atoms with Crippen LogP contribution < -0.4 is 10.9 Å². The van der Waals surface area contributed by atoms with Crippen LogP contribution >= 0.6 is 0 Å². The van der Waals surface area contributed by atoms with Crippen molar-refractivity contribution in [3.63, 3.8) is 0 Å². The summed E-state index contributed by atoms with van der Waals surface area (Å²) >= 11 is 0. The van der Waals surface area contributed by atoms with E-state index in [4.69, 9.17) is 0 Å². The van der Waals surface area contributed by atoms with E-state index in [-0.39, 0.29) is 22.7 Å². The standard InChI is InChI=1S/C23H27N3O4/c1-5-26(6-2)22(30)14-8-7-9-15(10-14)24-20(28)17-11-16-18(25-21(17)29)12-23(3,4)13-19(16)27/h7-11H,5-6,12-13H2,1-4H3,(H,24,28)(H,25,29). The summed E-state index contributed by atoms with van der Waals surface area (Å²) < 4.78 is 0. The van der Waals surface area contributed by atoms with E-state index in [1.165, 1.54) is 6.07 Å². The Morgan fingerprint density at radius 2 is 1.80 bits per heavy atom. The molecule has 3 rings (SSSR count). The first-order valence-electron chi connectivity index (χ1n) is 10.1. The predicted octanol–water partition coefficient (Wildman–Crippen LogP) is 3.26. The van der Waals surface area contributed by atoms with Gasteiger partial charge < -0.3 is 15.2 Å². The molecule has 0 saturated carbocycles. The lowest BCUT2D eigenvalue weighted by Gasteiger charge is -2.29. The van der Waals surface area contributed by atoms with E-state index < -0.39 is 11.5 Å². The number of hydrogen-bond donors (Lipinski definition) is 2. The molecule has 0 spiro atoms. The highest BCUT2D eigenvalue weighted by molar-refractivity contribution is 6.07. The van der Waals surface area contributed by atoms with E-state index in [0.717, 1.165) is 0 Å². The Bertz CT molecular complexity index is 1060. The quantitative estimate of drug-likeness (QED) is 0.792. The fourth-order valence-corrected chi connectivity index (χ4v) is 3.82. The highest BCUT2D eigenvalue weighted by Gasteiger charge is 2.32. The molecule has 0 radical (unpaired) electrons. The largest absolute Gasteiger partial charge is 0.339 e. The maximum atomic E-state index is 12.7. The Hall–Kier alpha value is -3.22. The summed E-state index contributed by atoms with van der Waals surface area (Å²) in [4.78, 5) is 54.7. The SMILES string of the molecule is CCN(CC)C(=O)c1cccc(NC(=O)c2cc3c([nH]c2=O)CC(C)(C)CC3=O)c1. The van der Waals surface area contributed by atoms with Crippen LogP contribution in [-0.4, -0.2) is 40.6 Å². The molecule has 0 saturated heterocycles. The summed E-state index contributed by atoms with van der Waals surface area (Å²) in [7, 11) is 0. The second-order valence-corrected chi connectivity index (χ2v) is 8.36. The van der Waals surface area contributed by atoms with Gasteiger partial charge >= 0.3 is 0 Å². The van der Waals surface area contributed by atoms with Gasteiger partial charge in [0.1, 0.15) is 5.56 Å². The molecule has 0 bridgehead atoms. The van der Waals surface area contributed by atoms with Crippen LogP contribution in [0.3, 0.4) is 0 Å². The van der Waals surface area contributed by atoms with Crippen LogP contribution in [0.5, 0.6) is 0 Å². The maximum absolute atomic E-state index is 12.7. The molecule has 1 aromatic heterocycles. The molecule has 1 heterocycles. The molecule has 2 aromatic rings. The van der Waals surface area contributed by atoms with Gasteiger partial charge in [-0.3, -0.25) is 19.2 Å². The van der Waals surface area contributed by atoms with Crippen molar-refractivity contribution in [2.24, 2.45) is 5.41 Å². The van der Waals surface area contributed by atoms with Gasteiger partial charge in [-0.15, -0.1) is 0 Å². The Balaban J connectivity index is 1.86. The molecule has 0 atom stereocenters. The topological polar surface area (TPSA) is 99.3 Å². The third-order valence-electron chi connectivity index (χ3n) is 5.38. The van der Waals surface area contributed by atoms with Crippen molar-refractivity contribution in [2.45, 2.75) is 40.5 Å². The zero-order valence-corrected chi connectivity index (χ0v) is 17.8. The van der Waals surface area contributed by atoms with Gasteiger partial charge in [-0.25, -0.2) is 0 Å². The molecule has 0 aliphatic heterocycles. The van der Waals surface area contributed by atoms with Crippen molar-refractivity contribution in [1.82, 2.24) is 9.88 Å². The zero-order chi connectivity index (χ0) is 22.1. The van der Waals surface area contributed by atoms with Crippen LogP contribution in [0.1, 0.15) is 70.9 Å². The smallest absolute Gasteiger partial charge is 0.261 e. The number of H-pyrrole nitrogens is 1. The maximum Gasteiger partial charge on any atom is 0.261 e. The van der Waals surface area contributed by atoms with Gasteiger partial charge in [0.2, 0.25) is 0 Å². The van der Waals surface area contributed by atoms with Gasteiger partial charge in [0, 0.05) is 42.0 Å². The van der Waals surface area contributed by atoms with E-state index >= 15 is 0 Å². The van der Waals surface area contributed by atoms with E-state index in [9.17, 15) is 19.2 Å². The number of aromatic amines is 1. The van der Waals surface area contributed by atoms with E-state index in [1.54, 1.807) is 29.2 Å². The summed E-state index contributed by atoms with van der Waals surface area (Å²) in [6, 6.07) is 7.97. The van der Waals surface area contributed by atoms with Gasteiger partial charge in [-0.1, -0.05) is 19.9 Å². The average Bonchev–Trinajstić information content (AvgIpc) is 2.67. The van der Waals surface area contributed by atoms with Crippen molar-refractivity contribution in [1.29, 1.82) is 0 Å². The number of hydrogen-bond acceptors (Lipinski definition) is 4. The number of rotatable bonds is 5. The number of anilines is 1. The van der Waals surface area contributed by atoms with Crippen LogP contribution in [-0.2, 0) is 6.42 Å². The monoisotopic (exact) mass is 409 g/mol. The summed E-state index contributed by atoms with van der Waals surface area (Å²) in [5.41, 5.74) is 0.939. The number of benzene rings is 1. The molecule has 7 heteroatoms.